The first kappa shape index (κ1) is 18.9. The Bertz CT molecular complexity index is 1210. The monoisotopic (exact) mass is 404 g/mol. The third-order valence-corrected chi connectivity index (χ3v) is 5.08. The summed E-state index contributed by atoms with van der Waals surface area (Å²) in [7, 11) is 0. The van der Waals surface area contributed by atoms with Gasteiger partial charge in [0, 0.05) is 35.4 Å². The van der Waals surface area contributed by atoms with Crippen molar-refractivity contribution in [3.63, 3.8) is 0 Å². The molecule has 4 rings (SSSR count). The summed E-state index contributed by atoms with van der Waals surface area (Å²) >= 11 is 6.17. The minimum Gasteiger partial charge on any atom is -0.383 e. The van der Waals surface area contributed by atoms with Gasteiger partial charge in [0.2, 0.25) is 0 Å². The van der Waals surface area contributed by atoms with Gasteiger partial charge in [-0.15, -0.1) is 0 Å². The second kappa shape index (κ2) is 7.51. The lowest BCUT2D eigenvalue weighted by Gasteiger charge is -2.13. The molecule has 1 aromatic carbocycles. The highest BCUT2D eigenvalue weighted by molar-refractivity contribution is 6.31. The summed E-state index contributed by atoms with van der Waals surface area (Å²) in [5.74, 6) is 0.669. The maximum Gasteiger partial charge on any atom is 0.153 e. The average Bonchev–Trinajstić information content (AvgIpc) is 3.36. The van der Waals surface area contributed by atoms with Gasteiger partial charge in [-0.05, 0) is 44.2 Å². The first-order chi connectivity index (χ1) is 14.0. The number of aromatic nitrogens is 5. The second-order valence-electron chi connectivity index (χ2n) is 6.58. The highest BCUT2D eigenvalue weighted by Gasteiger charge is 2.22. The quantitative estimate of drug-likeness (QED) is 0.560. The lowest BCUT2D eigenvalue weighted by molar-refractivity contribution is 0.218. The Labute approximate surface area is 172 Å². The normalized spacial score (nSPS) is 12.0. The predicted octanol–water partition coefficient (Wildman–Crippen LogP) is 3.68. The van der Waals surface area contributed by atoms with Crippen LogP contribution in [0.15, 0.2) is 55.0 Å². The maximum absolute atomic E-state index is 11.0. The van der Waals surface area contributed by atoms with E-state index in [0.29, 0.717) is 33.2 Å². The largest absolute Gasteiger partial charge is 0.383 e. The SMILES string of the molecule is Cc1nn(-c2ccc(C#N)c(Cl)c2)c(C)c1C(O)c1ccc(-n2cccn2)nc1. The van der Waals surface area contributed by atoms with E-state index >= 15 is 0 Å². The second-order valence-corrected chi connectivity index (χ2v) is 6.98. The summed E-state index contributed by atoms with van der Waals surface area (Å²) in [6.45, 7) is 3.73. The van der Waals surface area contributed by atoms with E-state index in [1.54, 1.807) is 52.2 Å². The molecular weight excluding hydrogens is 388 g/mol. The van der Waals surface area contributed by atoms with Crippen molar-refractivity contribution in [2.45, 2.75) is 20.0 Å². The van der Waals surface area contributed by atoms with Gasteiger partial charge in [0.1, 0.15) is 12.2 Å². The van der Waals surface area contributed by atoms with Crippen LogP contribution in [-0.2, 0) is 0 Å². The first-order valence-corrected chi connectivity index (χ1v) is 9.27. The van der Waals surface area contributed by atoms with Crippen LogP contribution in [0, 0.1) is 25.2 Å². The molecule has 0 aliphatic rings. The predicted molar refractivity (Wildman–Crippen MR) is 108 cm³/mol. The zero-order valence-corrected chi connectivity index (χ0v) is 16.5. The highest BCUT2D eigenvalue weighted by atomic mass is 35.5. The van der Waals surface area contributed by atoms with Crippen molar-refractivity contribution in [2.24, 2.45) is 0 Å². The molecule has 144 valence electrons. The van der Waals surface area contributed by atoms with E-state index in [-0.39, 0.29) is 0 Å². The van der Waals surface area contributed by atoms with Crippen molar-refractivity contribution in [3.8, 4) is 17.6 Å². The number of hydrogen-bond acceptors (Lipinski definition) is 5. The molecule has 0 fully saturated rings. The fourth-order valence-corrected chi connectivity index (χ4v) is 3.51. The van der Waals surface area contributed by atoms with Crippen LogP contribution >= 0.6 is 11.6 Å². The Hall–Kier alpha value is -3.47. The van der Waals surface area contributed by atoms with Crippen molar-refractivity contribution >= 4 is 11.6 Å². The summed E-state index contributed by atoms with van der Waals surface area (Å²) in [5.41, 5.74) is 3.97. The van der Waals surface area contributed by atoms with E-state index in [2.05, 4.69) is 15.2 Å². The standard InChI is InChI=1S/C21H17ClN6O/c1-13-20(14(2)28(26-13)17-6-4-15(11-23)18(22)10-17)21(29)16-5-7-19(24-12-16)27-9-3-8-25-27/h3-10,12,21,29H,1-2H3. The van der Waals surface area contributed by atoms with Gasteiger partial charge in [-0.25, -0.2) is 14.3 Å². The number of rotatable bonds is 4. The summed E-state index contributed by atoms with van der Waals surface area (Å²) in [6.07, 6.45) is 4.24. The van der Waals surface area contributed by atoms with Gasteiger partial charge in [-0.3, -0.25) is 0 Å². The molecule has 7 nitrogen and oxygen atoms in total. The van der Waals surface area contributed by atoms with Crippen LogP contribution in [-0.4, -0.2) is 29.7 Å². The number of nitriles is 1. The molecule has 0 bridgehead atoms. The zero-order valence-electron chi connectivity index (χ0n) is 15.8. The number of benzene rings is 1. The van der Waals surface area contributed by atoms with Crippen LogP contribution in [0.3, 0.4) is 0 Å². The molecular formula is C21H17ClN6O. The third kappa shape index (κ3) is 3.40. The van der Waals surface area contributed by atoms with Crippen molar-refractivity contribution < 1.29 is 5.11 Å². The molecule has 0 spiro atoms. The van der Waals surface area contributed by atoms with Gasteiger partial charge in [0.25, 0.3) is 0 Å². The van der Waals surface area contributed by atoms with E-state index in [4.69, 9.17) is 16.9 Å². The third-order valence-electron chi connectivity index (χ3n) is 4.76. The molecule has 1 N–H and O–H groups in total. The molecule has 4 aromatic rings. The number of aliphatic hydroxyl groups is 1. The van der Waals surface area contributed by atoms with E-state index in [0.717, 1.165) is 11.4 Å². The van der Waals surface area contributed by atoms with Gasteiger partial charge >= 0.3 is 0 Å². The molecule has 1 atom stereocenters. The Kier molecular flexibility index (Phi) is 4.89. The van der Waals surface area contributed by atoms with Gasteiger partial charge in [-0.1, -0.05) is 17.7 Å². The Balaban J connectivity index is 1.69. The molecule has 0 aliphatic heterocycles. The van der Waals surface area contributed by atoms with Gasteiger partial charge in [0.15, 0.2) is 5.82 Å². The zero-order chi connectivity index (χ0) is 20.5. The minimum absolute atomic E-state index is 0.359. The van der Waals surface area contributed by atoms with Crippen LogP contribution in [0.25, 0.3) is 11.5 Å². The fraction of sp³-hybridized carbons (Fsp3) is 0.143. The van der Waals surface area contributed by atoms with Crippen molar-refractivity contribution in [1.82, 2.24) is 24.5 Å². The molecule has 3 heterocycles. The Morgan fingerprint density at radius 2 is 2.03 bits per heavy atom. The highest BCUT2D eigenvalue weighted by Crippen LogP contribution is 2.30. The van der Waals surface area contributed by atoms with Gasteiger partial charge in [-0.2, -0.15) is 15.5 Å². The lowest BCUT2D eigenvalue weighted by Crippen LogP contribution is -2.06. The summed E-state index contributed by atoms with van der Waals surface area (Å²) < 4.78 is 3.37. The number of aryl methyl sites for hydroxylation is 1. The van der Waals surface area contributed by atoms with Gasteiger partial charge in [0.05, 0.1) is 22.0 Å². The Morgan fingerprint density at radius 3 is 2.66 bits per heavy atom. The smallest absolute Gasteiger partial charge is 0.153 e. The fourth-order valence-electron chi connectivity index (χ4n) is 3.29. The minimum atomic E-state index is -0.878. The molecule has 0 saturated carbocycles. The summed E-state index contributed by atoms with van der Waals surface area (Å²) in [6, 6.07) is 12.6. The van der Waals surface area contributed by atoms with E-state index in [1.165, 1.54) is 0 Å². The Morgan fingerprint density at radius 1 is 1.21 bits per heavy atom. The number of halogens is 1. The molecule has 1 unspecified atom stereocenters. The topological polar surface area (TPSA) is 92.6 Å². The van der Waals surface area contributed by atoms with Crippen molar-refractivity contribution in [3.05, 3.63) is 88.1 Å². The average molecular weight is 405 g/mol. The van der Waals surface area contributed by atoms with Crippen LogP contribution in [0.2, 0.25) is 5.02 Å². The summed E-state index contributed by atoms with van der Waals surface area (Å²) in [4.78, 5) is 4.39. The molecule has 8 heteroatoms. The van der Waals surface area contributed by atoms with Crippen molar-refractivity contribution in [1.29, 1.82) is 5.26 Å². The van der Waals surface area contributed by atoms with E-state index < -0.39 is 6.10 Å². The van der Waals surface area contributed by atoms with Crippen LogP contribution in [0.4, 0.5) is 0 Å². The molecule has 0 aliphatic carbocycles. The number of pyridine rings is 1. The molecule has 0 radical (unpaired) electrons. The number of aliphatic hydroxyl groups excluding tert-OH is 1. The van der Waals surface area contributed by atoms with E-state index in [9.17, 15) is 5.11 Å². The molecule has 0 amide bonds. The van der Waals surface area contributed by atoms with Crippen LogP contribution in [0.1, 0.15) is 34.2 Å². The first-order valence-electron chi connectivity index (χ1n) is 8.89. The molecule has 3 aromatic heterocycles. The molecule has 29 heavy (non-hydrogen) atoms. The van der Waals surface area contributed by atoms with Crippen molar-refractivity contribution in [2.75, 3.05) is 0 Å². The van der Waals surface area contributed by atoms with Crippen LogP contribution < -0.4 is 0 Å². The lowest BCUT2D eigenvalue weighted by atomic mass is 10.0. The van der Waals surface area contributed by atoms with E-state index in [1.807, 2.05) is 32.0 Å². The van der Waals surface area contributed by atoms with Crippen LogP contribution in [0.5, 0.6) is 0 Å². The summed E-state index contributed by atoms with van der Waals surface area (Å²) in [5, 5.41) is 29.1. The maximum atomic E-state index is 11.0. The number of hydrogen-bond donors (Lipinski definition) is 1. The van der Waals surface area contributed by atoms with Gasteiger partial charge < -0.3 is 5.11 Å². The molecule has 0 saturated heterocycles. The number of nitrogens with zero attached hydrogens (tertiary/aromatic N) is 6.